The summed E-state index contributed by atoms with van der Waals surface area (Å²) in [7, 11) is 0. The van der Waals surface area contributed by atoms with Crippen molar-refractivity contribution in [3.8, 4) is 11.1 Å². The Bertz CT molecular complexity index is 1050. The van der Waals surface area contributed by atoms with E-state index in [-0.39, 0.29) is 0 Å². The lowest BCUT2D eigenvalue weighted by molar-refractivity contribution is 0.943. The van der Waals surface area contributed by atoms with Crippen LogP contribution in [0.15, 0.2) is 43.5 Å². The van der Waals surface area contributed by atoms with E-state index in [1.165, 1.54) is 12.8 Å². The van der Waals surface area contributed by atoms with Gasteiger partial charge in [0.1, 0.15) is 17.1 Å². The zero-order valence-electron chi connectivity index (χ0n) is 12.5. The summed E-state index contributed by atoms with van der Waals surface area (Å²) in [6, 6.07) is 4.09. The Labute approximate surface area is 132 Å². The molecule has 1 aliphatic carbocycles. The minimum absolute atomic E-state index is 0.559. The zero-order valence-corrected chi connectivity index (χ0v) is 12.5. The summed E-state index contributed by atoms with van der Waals surface area (Å²) in [5, 5.41) is 1.05. The van der Waals surface area contributed by atoms with Crippen LogP contribution in [0.3, 0.4) is 0 Å². The second-order valence-corrected chi connectivity index (χ2v) is 6.00. The number of nitrogens with zero attached hydrogens (tertiary/aromatic N) is 4. The van der Waals surface area contributed by atoms with Crippen molar-refractivity contribution in [2.45, 2.75) is 18.8 Å². The van der Waals surface area contributed by atoms with Gasteiger partial charge in [-0.3, -0.25) is 4.40 Å². The lowest BCUT2D eigenvalue weighted by atomic mass is 10.1. The molecule has 5 nitrogen and oxygen atoms in total. The average Bonchev–Trinajstić information content (AvgIpc) is 3.23. The fraction of sp³-hybridized carbons (Fsp3) is 0.167. The quantitative estimate of drug-likeness (QED) is 0.626. The third-order valence-electron chi connectivity index (χ3n) is 4.45. The molecular weight excluding hydrogens is 286 g/mol. The molecule has 5 heteroatoms. The molecule has 5 rings (SSSR count). The zero-order chi connectivity index (χ0) is 15.4. The van der Waals surface area contributed by atoms with Gasteiger partial charge < -0.3 is 4.98 Å². The van der Waals surface area contributed by atoms with Gasteiger partial charge in [0.25, 0.3) is 0 Å². The van der Waals surface area contributed by atoms with Crippen molar-refractivity contribution in [2.75, 3.05) is 0 Å². The summed E-state index contributed by atoms with van der Waals surface area (Å²) in [6.07, 6.45) is 12.1. The number of pyridine rings is 1. The molecule has 23 heavy (non-hydrogen) atoms. The van der Waals surface area contributed by atoms with E-state index in [0.29, 0.717) is 5.92 Å². The van der Waals surface area contributed by atoms with Crippen molar-refractivity contribution < 1.29 is 0 Å². The highest BCUT2D eigenvalue weighted by Gasteiger charge is 2.27. The van der Waals surface area contributed by atoms with Crippen LogP contribution in [0.2, 0.25) is 0 Å². The molecule has 0 spiro atoms. The number of fused-ring (bicyclic) bond motifs is 2. The highest BCUT2D eigenvalue weighted by Crippen LogP contribution is 2.38. The first-order chi connectivity index (χ1) is 11.3. The molecular formula is C18H15N5. The van der Waals surface area contributed by atoms with Gasteiger partial charge in [0.05, 0.1) is 11.9 Å². The largest absolute Gasteiger partial charge is 0.345 e. The lowest BCUT2D eigenvalue weighted by Gasteiger charge is -2.03. The molecule has 0 saturated heterocycles. The van der Waals surface area contributed by atoms with Crippen LogP contribution < -0.4 is 0 Å². The van der Waals surface area contributed by atoms with E-state index in [4.69, 9.17) is 0 Å². The third kappa shape index (κ3) is 1.90. The van der Waals surface area contributed by atoms with Gasteiger partial charge >= 0.3 is 0 Å². The van der Waals surface area contributed by atoms with Crippen LogP contribution >= 0.6 is 0 Å². The Balaban J connectivity index is 1.68. The molecule has 1 N–H and O–H groups in total. The van der Waals surface area contributed by atoms with E-state index in [9.17, 15) is 0 Å². The summed E-state index contributed by atoms with van der Waals surface area (Å²) in [5.74, 6) is 1.52. The molecule has 4 aromatic heterocycles. The first kappa shape index (κ1) is 12.6. The van der Waals surface area contributed by atoms with Crippen LogP contribution in [0.25, 0.3) is 33.9 Å². The fourth-order valence-corrected chi connectivity index (χ4v) is 3.01. The van der Waals surface area contributed by atoms with Crippen molar-refractivity contribution in [3.05, 3.63) is 55.0 Å². The SMILES string of the molecule is C=Cc1cnc2ccc(-c3c[nH]c4nc(C5CC5)ncc34)cn12. The molecule has 4 heterocycles. The van der Waals surface area contributed by atoms with Crippen LogP contribution in [-0.2, 0) is 0 Å². The number of hydrogen-bond donors (Lipinski definition) is 1. The number of aromatic nitrogens is 5. The Morgan fingerprint density at radius 1 is 1.22 bits per heavy atom. The maximum absolute atomic E-state index is 4.67. The summed E-state index contributed by atoms with van der Waals surface area (Å²) >= 11 is 0. The van der Waals surface area contributed by atoms with Crippen molar-refractivity contribution in [1.82, 2.24) is 24.3 Å². The van der Waals surface area contributed by atoms with Gasteiger partial charge in [0, 0.05) is 41.0 Å². The van der Waals surface area contributed by atoms with E-state index >= 15 is 0 Å². The van der Waals surface area contributed by atoms with E-state index in [1.54, 1.807) is 0 Å². The van der Waals surface area contributed by atoms with Gasteiger partial charge in [-0.2, -0.15) is 0 Å². The second kappa shape index (κ2) is 4.52. The van der Waals surface area contributed by atoms with Crippen molar-refractivity contribution >= 4 is 22.8 Å². The average molecular weight is 301 g/mol. The number of hydrogen-bond acceptors (Lipinski definition) is 3. The van der Waals surface area contributed by atoms with Crippen molar-refractivity contribution in [2.24, 2.45) is 0 Å². The molecule has 1 fully saturated rings. The van der Waals surface area contributed by atoms with Crippen LogP contribution in [0.4, 0.5) is 0 Å². The third-order valence-corrected chi connectivity index (χ3v) is 4.45. The smallest absolute Gasteiger partial charge is 0.141 e. The molecule has 1 saturated carbocycles. The molecule has 0 aliphatic heterocycles. The van der Waals surface area contributed by atoms with E-state index in [0.717, 1.165) is 39.3 Å². The maximum Gasteiger partial charge on any atom is 0.141 e. The molecule has 1 aliphatic rings. The number of imidazole rings is 1. The topological polar surface area (TPSA) is 58.9 Å². The maximum atomic E-state index is 4.67. The van der Waals surface area contributed by atoms with E-state index in [2.05, 4.69) is 38.8 Å². The monoisotopic (exact) mass is 301 g/mol. The number of aromatic amines is 1. The molecule has 0 aromatic carbocycles. The summed E-state index contributed by atoms with van der Waals surface area (Å²) in [5.41, 5.74) is 5.01. The fourth-order valence-electron chi connectivity index (χ4n) is 3.01. The highest BCUT2D eigenvalue weighted by atomic mass is 15.0. The van der Waals surface area contributed by atoms with Gasteiger partial charge in [0.15, 0.2) is 0 Å². The number of H-pyrrole nitrogens is 1. The highest BCUT2D eigenvalue weighted by molar-refractivity contribution is 5.93. The predicted molar refractivity (Wildman–Crippen MR) is 90.1 cm³/mol. The number of rotatable bonds is 3. The Kier molecular flexibility index (Phi) is 2.47. The normalized spacial score (nSPS) is 14.6. The van der Waals surface area contributed by atoms with Crippen LogP contribution in [-0.4, -0.2) is 24.3 Å². The van der Waals surface area contributed by atoms with Gasteiger partial charge in [-0.25, -0.2) is 15.0 Å². The van der Waals surface area contributed by atoms with Crippen molar-refractivity contribution in [1.29, 1.82) is 0 Å². The van der Waals surface area contributed by atoms with Crippen LogP contribution in [0.1, 0.15) is 30.3 Å². The van der Waals surface area contributed by atoms with E-state index in [1.807, 2.05) is 35.1 Å². The second-order valence-electron chi connectivity index (χ2n) is 6.00. The van der Waals surface area contributed by atoms with Gasteiger partial charge in [-0.05, 0) is 31.1 Å². The first-order valence-electron chi connectivity index (χ1n) is 7.77. The first-order valence-corrected chi connectivity index (χ1v) is 7.77. The molecule has 4 aromatic rings. The summed E-state index contributed by atoms with van der Waals surface area (Å²) < 4.78 is 2.04. The molecule has 0 unspecified atom stereocenters. The minimum Gasteiger partial charge on any atom is -0.345 e. The molecule has 0 atom stereocenters. The van der Waals surface area contributed by atoms with Crippen LogP contribution in [0, 0.1) is 0 Å². The lowest BCUT2D eigenvalue weighted by Crippen LogP contribution is -1.92. The van der Waals surface area contributed by atoms with E-state index < -0.39 is 0 Å². The molecule has 0 amide bonds. The van der Waals surface area contributed by atoms with Crippen LogP contribution in [0.5, 0.6) is 0 Å². The number of nitrogens with one attached hydrogen (secondary N) is 1. The van der Waals surface area contributed by atoms with Gasteiger partial charge in [-0.15, -0.1) is 0 Å². The van der Waals surface area contributed by atoms with Gasteiger partial charge in [-0.1, -0.05) is 6.58 Å². The molecule has 0 bridgehead atoms. The Morgan fingerprint density at radius 2 is 2.13 bits per heavy atom. The van der Waals surface area contributed by atoms with Gasteiger partial charge in [0.2, 0.25) is 0 Å². The molecule has 112 valence electrons. The minimum atomic E-state index is 0.559. The Morgan fingerprint density at radius 3 is 2.96 bits per heavy atom. The summed E-state index contributed by atoms with van der Waals surface area (Å²) in [4.78, 5) is 16.9. The standard InChI is InChI=1S/C18H15N5/c1-2-13-7-19-16-6-5-12(10-23(13)16)14-8-21-18-15(14)9-20-17(22-18)11-3-4-11/h2,5-11H,1,3-4H2,(H,20,21,22). The summed E-state index contributed by atoms with van der Waals surface area (Å²) in [6.45, 7) is 3.84. The molecule has 0 radical (unpaired) electrons. The Hall–Kier alpha value is -2.95. The van der Waals surface area contributed by atoms with Crippen molar-refractivity contribution in [3.63, 3.8) is 0 Å². The predicted octanol–water partition coefficient (Wildman–Crippen LogP) is 3.79.